The molecule has 3 aromatic rings. The Kier molecular flexibility index (Phi) is 6.17. The first-order valence-corrected chi connectivity index (χ1v) is 12.0. The van der Waals surface area contributed by atoms with E-state index >= 15 is 0 Å². The van der Waals surface area contributed by atoms with Gasteiger partial charge in [0.25, 0.3) is 0 Å². The molecule has 2 aliphatic rings. The predicted molar refractivity (Wildman–Crippen MR) is 132 cm³/mol. The second-order valence-electron chi connectivity index (χ2n) is 9.57. The molecule has 0 N–H and O–H groups in total. The first kappa shape index (κ1) is 22.7. The lowest BCUT2D eigenvalue weighted by atomic mass is 9.97. The van der Waals surface area contributed by atoms with E-state index in [1.807, 2.05) is 6.07 Å². The van der Waals surface area contributed by atoms with Crippen LogP contribution < -0.4 is 14.2 Å². The summed E-state index contributed by atoms with van der Waals surface area (Å²) in [7, 11) is 3.28. The van der Waals surface area contributed by atoms with Gasteiger partial charge in [0.15, 0.2) is 0 Å². The minimum Gasteiger partial charge on any atom is -0.481 e. The van der Waals surface area contributed by atoms with Gasteiger partial charge < -0.3 is 14.2 Å². The minimum absolute atomic E-state index is 0.260. The maximum Gasteiger partial charge on any atom is 0.323 e. The summed E-state index contributed by atoms with van der Waals surface area (Å²) >= 11 is 0. The number of hydrogen-bond acceptors (Lipinski definition) is 6. The van der Waals surface area contributed by atoms with Crippen molar-refractivity contribution in [3.63, 3.8) is 0 Å². The molecule has 1 aliphatic heterocycles. The van der Waals surface area contributed by atoms with Crippen LogP contribution in [0.5, 0.6) is 17.8 Å². The van der Waals surface area contributed by atoms with Crippen LogP contribution in [0.2, 0.25) is 0 Å². The van der Waals surface area contributed by atoms with Crippen LogP contribution in [-0.2, 0) is 13.2 Å². The van der Waals surface area contributed by atoms with Gasteiger partial charge in [-0.3, -0.25) is 4.90 Å². The number of rotatable bonds is 8. The summed E-state index contributed by atoms with van der Waals surface area (Å²) in [6.45, 7) is 6.65. The third-order valence-corrected chi connectivity index (χ3v) is 7.62. The molecule has 0 bridgehead atoms. The lowest BCUT2D eigenvalue weighted by Gasteiger charge is -2.34. The van der Waals surface area contributed by atoms with Gasteiger partial charge in [-0.2, -0.15) is 9.97 Å². The maximum absolute atomic E-state index is 6.05. The number of fused-ring (bicyclic) bond motifs is 1. The number of likely N-dealkylation sites (tertiary alicyclic amines) is 1. The summed E-state index contributed by atoms with van der Waals surface area (Å²) in [5, 5.41) is 0. The fourth-order valence-corrected chi connectivity index (χ4v) is 5.35. The highest BCUT2D eigenvalue weighted by atomic mass is 16.5. The molecule has 2 unspecified atom stereocenters. The molecule has 2 atom stereocenters. The van der Waals surface area contributed by atoms with Gasteiger partial charge in [-0.1, -0.05) is 48.5 Å². The molecule has 6 nitrogen and oxygen atoms in total. The van der Waals surface area contributed by atoms with Crippen molar-refractivity contribution in [3.8, 4) is 28.9 Å². The van der Waals surface area contributed by atoms with E-state index in [1.54, 1.807) is 14.2 Å². The summed E-state index contributed by atoms with van der Waals surface area (Å²) in [5.41, 5.74) is 5.82. The molecule has 0 amide bonds. The molecule has 1 saturated carbocycles. The zero-order chi connectivity index (χ0) is 23.7. The minimum atomic E-state index is 0.260. The van der Waals surface area contributed by atoms with Gasteiger partial charge >= 0.3 is 6.01 Å². The van der Waals surface area contributed by atoms with Crippen LogP contribution in [0.15, 0.2) is 48.5 Å². The monoisotopic (exact) mass is 459 g/mol. The van der Waals surface area contributed by atoms with Crippen LogP contribution in [-0.4, -0.2) is 41.2 Å². The number of nitrogens with zero attached hydrogens (tertiary/aromatic N) is 3. The van der Waals surface area contributed by atoms with Crippen LogP contribution in [0.3, 0.4) is 0 Å². The van der Waals surface area contributed by atoms with E-state index in [2.05, 4.69) is 71.2 Å². The van der Waals surface area contributed by atoms with Gasteiger partial charge in [-0.25, -0.2) is 0 Å². The van der Waals surface area contributed by atoms with Crippen molar-refractivity contribution in [3.05, 3.63) is 65.2 Å². The summed E-state index contributed by atoms with van der Waals surface area (Å²) in [6, 6.07) is 16.9. The van der Waals surface area contributed by atoms with E-state index in [1.165, 1.54) is 36.0 Å². The Balaban J connectivity index is 1.36. The normalized spacial score (nSPS) is 21.6. The highest BCUT2D eigenvalue weighted by molar-refractivity contribution is 5.68. The third kappa shape index (κ3) is 4.23. The van der Waals surface area contributed by atoms with Crippen molar-refractivity contribution in [1.82, 2.24) is 14.9 Å². The van der Waals surface area contributed by atoms with E-state index in [9.17, 15) is 0 Å². The third-order valence-electron chi connectivity index (χ3n) is 7.62. The zero-order valence-electron chi connectivity index (χ0n) is 20.5. The Morgan fingerprint density at radius 3 is 2.44 bits per heavy atom. The van der Waals surface area contributed by atoms with Crippen LogP contribution in [0.4, 0.5) is 0 Å². The number of hydrogen-bond donors (Lipinski definition) is 0. The van der Waals surface area contributed by atoms with Crippen molar-refractivity contribution in [2.75, 3.05) is 20.8 Å². The fraction of sp³-hybridized carbons (Fsp3) is 0.429. The van der Waals surface area contributed by atoms with Gasteiger partial charge in [0.2, 0.25) is 11.8 Å². The topological polar surface area (TPSA) is 56.7 Å². The molecule has 2 fully saturated rings. The average molecular weight is 460 g/mol. The van der Waals surface area contributed by atoms with Crippen LogP contribution in [0, 0.1) is 12.8 Å². The molecule has 2 aromatic carbocycles. The first-order valence-electron chi connectivity index (χ1n) is 12.0. The van der Waals surface area contributed by atoms with Crippen molar-refractivity contribution < 1.29 is 14.2 Å². The van der Waals surface area contributed by atoms with Crippen molar-refractivity contribution >= 4 is 0 Å². The summed E-state index contributed by atoms with van der Waals surface area (Å²) in [4.78, 5) is 11.7. The molecule has 34 heavy (non-hydrogen) atoms. The zero-order valence-corrected chi connectivity index (χ0v) is 20.5. The first-order chi connectivity index (χ1) is 16.5. The van der Waals surface area contributed by atoms with E-state index in [-0.39, 0.29) is 11.5 Å². The summed E-state index contributed by atoms with van der Waals surface area (Å²) in [5.74, 6) is 1.84. The molecule has 6 heteroatoms. The molecule has 1 aromatic heterocycles. The quantitative estimate of drug-likeness (QED) is 0.448. The largest absolute Gasteiger partial charge is 0.481 e. The van der Waals surface area contributed by atoms with Crippen LogP contribution in [0.25, 0.3) is 11.1 Å². The second kappa shape index (κ2) is 9.26. The van der Waals surface area contributed by atoms with Gasteiger partial charge in [-0.05, 0) is 67.8 Å². The van der Waals surface area contributed by atoms with E-state index < -0.39 is 0 Å². The lowest BCUT2D eigenvalue weighted by molar-refractivity contribution is 0.131. The van der Waals surface area contributed by atoms with Crippen LogP contribution in [0.1, 0.15) is 42.9 Å². The van der Waals surface area contributed by atoms with E-state index in [4.69, 9.17) is 14.2 Å². The van der Waals surface area contributed by atoms with E-state index in [0.717, 1.165) is 30.1 Å². The van der Waals surface area contributed by atoms with Gasteiger partial charge in [0.05, 0.1) is 19.8 Å². The lowest BCUT2D eigenvalue weighted by Crippen LogP contribution is -2.40. The Morgan fingerprint density at radius 1 is 1.00 bits per heavy atom. The molecule has 0 spiro atoms. The standard InChI is InChI=1S/C28H33N3O3/c1-19-21(12-8-14-23(19)20-10-6-5-7-11-20)18-34-27-29-25(32-3)24(26(30-27)33-4)17-31-15-9-13-22-16-28(22,31)2/h5-8,10-12,14,22H,9,13,15-18H2,1-4H3. The maximum atomic E-state index is 6.05. The Hall–Kier alpha value is -3.12. The smallest absolute Gasteiger partial charge is 0.323 e. The Labute approximate surface area is 201 Å². The average Bonchev–Trinajstić information content (AvgIpc) is 3.56. The van der Waals surface area contributed by atoms with Gasteiger partial charge in [0.1, 0.15) is 6.61 Å². The highest BCUT2D eigenvalue weighted by Crippen LogP contribution is 2.54. The summed E-state index contributed by atoms with van der Waals surface area (Å²) < 4.78 is 17.4. The Bertz CT molecular complexity index is 1140. The van der Waals surface area contributed by atoms with Crippen molar-refractivity contribution in [2.45, 2.75) is 51.8 Å². The molecule has 5 rings (SSSR count). The van der Waals surface area contributed by atoms with Crippen LogP contribution >= 0.6 is 0 Å². The number of piperidine rings is 1. The number of benzene rings is 2. The molecule has 1 saturated heterocycles. The van der Waals surface area contributed by atoms with E-state index in [0.29, 0.717) is 18.4 Å². The molecular formula is C28H33N3O3. The summed E-state index contributed by atoms with van der Waals surface area (Å²) in [6.07, 6.45) is 3.82. The van der Waals surface area contributed by atoms with Crippen molar-refractivity contribution in [2.24, 2.45) is 5.92 Å². The second-order valence-corrected chi connectivity index (χ2v) is 9.57. The molecule has 2 heterocycles. The SMILES string of the molecule is COc1nc(OCc2cccc(-c3ccccc3)c2C)nc(OC)c1CN1CCCC2CC21C. The molecular weight excluding hydrogens is 426 g/mol. The number of methoxy groups -OCH3 is 2. The van der Waals surface area contributed by atoms with Gasteiger partial charge in [-0.15, -0.1) is 0 Å². The molecule has 0 radical (unpaired) electrons. The Morgan fingerprint density at radius 2 is 1.74 bits per heavy atom. The fourth-order valence-electron chi connectivity index (χ4n) is 5.35. The molecule has 1 aliphatic carbocycles. The number of aromatic nitrogens is 2. The van der Waals surface area contributed by atoms with Crippen molar-refractivity contribution in [1.29, 1.82) is 0 Å². The number of ether oxygens (including phenoxy) is 3. The molecule has 178 valence electrons. The van der Waals surface area contributed by atoms with Gasteiger partial charge in [0, 0.05) is 12.1 Å². The predicted octanol–water partition coefficient (Wildman–Crippen LogP) is 5.42. The highest BCUT2D eigenvalue weighted by Gasteiger charge is 2.55.